The van der Waals surface area contributed by atoms with Crippen molar-refractivity contribution in [2.24, 2.45) is 0 Å². The number of nitrogens with zero attached hydrogens (tertiary/aromatic N) is 2. The molecule has 1 fully saturated rings. The summed E-state index contributed by atoms with van der Waals surface area (Å²) in [6.45, 7) is 0.802. The van der Waals surface area contributed by atoms with E-state index < -0.39 is 0 Å². The molecule has 1 heterocycles. The van der Waals surface area contributed by atoms with Gasteiger partial charge in [-0.15, -0.1) is 0 Å². The second kappa shape index (κ2) is 7.96. The van der Waals surface area contributed by atoms with Crippen LogP contribution in [0.5, 0.6) is 5.75 Å². The molecule has 6 heteroatoms. The van der Waals surface area contributed by atoms with E-state index in [1.54, 1.807) is 13.2 Å². The monoisotopic (exact) mass is 341 g/mol. The Bertz CT molecular complexity index is 779. The second-order valence-electron chi connectivity index (χ2n) is 6.29. The Morgan fingerprint density at radius 2 is 2.00 bits per heavy atom. The number of rotatable bonds is 8. The van der Waals surface area contributed by atoms with E-state index in [-0.39, 0.29) is 11.5 Å². The number of methoxy groups -OCH3 is 1. The molecule has 25 heavy (non-hydrogen) atoms. The van der Waals surface area contributed by atoms with E-state index in [0.717, 1.165) is 29.8 Å². The third-order valence-electron chi connectivity index (χ3n) is 4.33. The van der Waals surface area contributed by atoms with Crippen LogP contribution in [0.15, 0.2) is 41.2 Å². The highest BCUT2D eigenvalue weighted by atomic mass is 16.5. The summed E-state index contributed by atoms with van der Waals surface area (Å²) in [6, 6.07) is 11.1. The van der Waals surface area contributed by atoms with Crippen LogP contribution in [0.1, 0.15) is 36.4 Å². The zero-order chi connectivity index (χ0) is 17.6. The van der Waals surface area contributed by atoms with Crippen LogP contribution in [-0.4, -0.2) is 29.3 Å². The molecule has 0 spiro atoms. The molecule has 1 amide bonds. The predicted molar refractivity (Wildman–Crippen MR) is 94.8 cm³/mol. The minimum atomic E-state index is -0.128. The third-order valence-corrected chi connectivity index (χ3v) is 4.33. The molecule has 0 radical (unpaired) electrons. The molecule has 2 aromatic rings. The summed E-state index contributed by atoms with van der Waals surface area (Å²) >= 11 is 0. The molecule has 6 nitrogen and oxygen atoms in total. The van der Waals surface area contributed by atoms with Crippen LogP contribution in [0.2, 0.25) is 0 Å². The van der Waals surface area contributed by atoms with Crippen LogP contribution in [0, 0.1) is 0 Å². The van der Waals surface area contributed by atoms with Crippen molar-refractivity contribution in [3.63, 3.8) is 0 Å². The van der Waals surface area contributed by atoms with Gasteiger partial charge < -0.3 is 10.1 Å². The van der Waals surface area contributed by atoms with Crippen LogP contribution < -0.4 is 15.6 Å². The van der Waals surface area contributed by atoms with E-state index in [1.165, 1.54) is 4.68 Å². The highest BCUT2D eigenvalue weighted by molar-refractivity contribution is 5.76. The molecule has 132 valence electrons. The third kappa shape index (κ3) is 4.92. The lowest BCUT2D eigenvalue weighted by Crippen LogP contribution is -2.32. The Kier molecular flexibility index (Phi) is 5.48. The average molecular weight is 341 g/mol. The largest absolute Gasteiger partial charge is 0.497 e. The van der Waals surface area contributed by atoms with Crippen LogP contribution >= 0.6 is 0 Å². The molecule has 1 aliphatic rings. The number of aromatic nitrogens is 2. The zero-order valence-electron chi connectivity index (χ0n) is 14.4. The lowest BCUT2D eigenvalue weighted by molar-refractivity contribution is -0.121. The van der Waals surface area contributed by atoms with E-state index in [4.69, 9.17) is 4.74 Å². The number of hydrogen-bond acceptors (Lipinski definition) is 4. The normalized spacial score (nSPS) is 13.5. The summed E-state index contributed by atoms with van der Waals surface area (Å²) in [5, 5.41) is 7.23. The second-order valence-corrected chi connectivity index (χ2v) is 6.29. The number of aryl methyl sites for hydroxylation is 1. The Labute approximate surface area is 146 Å². The molecule has 0 atom stereocenters. The van der Waals surface area contributed by atoms with Gasteiger partial charge in [0.1, 0.15) is 5.75 Å². The first kappa shape index (κ1) is 17.2. The van der Waals surface area contributed by atoms with Gasteiger partial charge >= 0.3 is 0 Å². The van der Waals surface area contributed by atoms with Crippen molar-refractivity contribution in [1.82, 2.24) is 15.1 Å². The molecule has 0 unspecified atom stereocenters. The maximum Gasteiger partial charge on any atom is 0.266 e. The standard InChI is InChI=1S/C19H23N3O3/c1-25-16-7-2-14(3-8-16)4-10-18(23)20-12-13-22-19(24)11-9-17(21-22)15-5-6-15/h2-3,7-9,11,15H,4-6,10,12-13H2,1H3,(H,20,23). The minimum Gasteiger partial charge on any atom is -0.497 e. The van der Waals surface area contributed by atoms with E-state index in [9.17, 15) is 9.59 Å². The highest BCUT2D eigenvalue weighted by Gasteiger charge is 2.25. The van der Waals surface area contributed by atoms with Gasteiger partial charge in [0.25, 0.3) is 5.56 Å². The molecule has 0 saturated heterocycles. The Balaban J connectivity index is 1.43. The maximum atomic E-state index is 12.0. The molecule has 1 aromatic carbocycles. The molecule has 1 saturated carbocycles. The van der Waals surface area contributed by atoms with Gasteiger partial charge in [-0.05, 0) is 43.0 Å². The van der Waals surface area contributed by atoms with Gasteiger partial charge in [-0.25, -0.2) is 4.68 Å². The van der Waals surface area contributed by atoms with Gasteiger partial charge in [-0.1, -0.05) is 12.1 Å². The summed E-state index contributed by atoms with van der Waals surface area (Å²) in [5.41, 5.74) is 1.94. The predicted octanol–water partition coefficient (Wildman–Crippen LogP) is 1.88. The number of carbonyl (C=O) groups excluding carboxylic acids is 1. The Morgan fingerprint density at radius 3 is 2.68 bits per heavy atom. The van der Waals surface area contributed by atoms with Crippen molar-refractivity contribution in [1.29, 1.82) is 0 Å². The van der Waals surface area contributed by atoms with Crippen molar-refractivity contribution in [3.8, 4) is 5.75 Å². The van der Waals surface area contributed by atoms with Crippen molar-refractivity contribution in [2.45, 2.75) is 38.1 Å². The lowest BCUT2D eigenvalue weighted by atomic mass is 10.1. The molecule has 1 aliphatic carbocycles. The number of ether oxygens (including phenoxy) is 1. The molecular formula is C19H23N3O3. The fraction of sp³-hybridized carbons (Fsp3) is 0.421. The zero-order valence-corrected chi connectivity index (χ0v) is 14.4. The SMILES string of the molecule is COc1ccc(CCC(=O)NCCn2nc(C3CC3)ccc2=O)cc1. The van der Waals surface area contributed by atoms with E-state index >= 15 is 0 Å². The van der Waals surface area contributed by atoms with E-state index in [1.807, 2.05) is 30.3 Å². The first-order valence-electron chi connectivity index (χ1n) is 8.63. The summed E-state index contributed by atoms with van der Waals surface area (Å²) in [6.07, 6.45) is 3.38. The van der Waals surface area contributed by atoms with Gasteiger partial charge in [-0.2, -0.15) is 5.10 Å². The molecule has 3 rings (SSSR count). The number of nitrogens with one attached hydrogen (secondary N) is 1. The Morgan fingerprint density at radius 1 is 1.24 bits per heavy atom. The molecule has 1 aromatic heterocycles. The summed E-state index contributed by atoms with van der Waals surface area (Å²) in [5.74, 6) is 1.28. The van der Waals surface area contributed by atoms with Gasteiger partial charge in [-0.3, -0.25) is 9.59 Å². The molecule has 1 N–H and O–H groups in total. The van der Waals surface area contributed by atoms with Crippen molar-refractivity contribution in [3.05, 3.63) is 58.0 Å². The fourth-order valence-electron chi connectivity index (χ4n) is 2.66. The quantitative estimate of drug-likeness (QED) is 0.796. The first-order chi connectivity index (χ1) is 12.2. The smallest absolute Gasteiger partial charge is 0.266 e. The van der Waals surface area contributed by atoms with E-state index in [2.05, 4.69) is 10.4 Å². The Hall–Kier alpha value is -2.63. The number of carbonyl (C=O) groups is 1. The summed E-state index contributed by atoms with van der Waals surface area (Å²) < 4.78 is 6.56. The van der Waals surface area contributed by atoms with Crippen LogP contribution in [0.4, 0.5) is 0 Å². The first-order valence-corrected chi connectivity index (χ1v) is 8.63. The van der Waals surface area contributed by atoms with Crippen LogP contribution in [0.25, 0.3) is 0 Å². The van der Waals surface area contributed by atoms with Crippen LogP contribution in [-0.2, 0) is 17.8 Å². The van der Waals surface area contributed by atoms with Crippen molar-refractivity contribution >= 4 is 5.91 Å². The van der Waals surface area contributed by atoms with Gasteiger partial charge in [0, 0.05) is 24.9 Å². The van der Waals surface area contributed by atoms with E-state index in [0.29, 0.717) is 31.8 Å². The number of amides is 1. The van der Waals surface area contributed by atoms with Gasteiger partial charge in [0.2, 0.25) is 5.91 Å². The average Bonchev–Trinajstić information content (AvgIpc) is 3.47. The summed E-state index contributed by atoms with van der Waals surface area (Å²) in [4.78, 5) is 23.8. The highest BCUT2D eigenvalue weighted by Crippen LogP contribution is 2.38. The fourth-order valence-corrected chi connectivity index (χ4v) is 2.66. The minimum absolute atomic E-state index is 0.0257. The van der Waals surface area contributed by atoms with Gasteiger partial charge in [0.15, 0.2) is 0 Å². The number of benzene rings is 1. The topological polar surface area (TPSA) is 73.2 Å². The van der Waals surface area contributed by atoms with Gasteiger partial charge in [0.05, 0.1) is 19.3 Å². The molecule has 0 bridgehead atoms. The molecule has 0 aliphatic heterocycles. The number of hydrogen-bond donors (Lipinski definition) is 1. The van der Waals surface area contributed by atoms with Crippen LogP contribution in [0.3, 0.4) is 0 Å². The summed E-state index contributed by atoms with van der Waals surface area (Å²) in [7, 11) is 1.63. The van der Waals surface area contributed by atoms with Crippen molar-refractivity contribution in [2.75, 3.05) is 13.7 Å². The van der Waals surface area contributed by atoms with Crippen molar-refractivity contribution < 1.29 is 9.53 Å². The maximum absolute atomic E-state index is 12.0. The lowest BCUT2D eigenvalue weighted by Gasteiger charge is -2.08. The molecular weight excluding hydrogens is 318 g/mol.